The average Bonchev–Trinajstić information content (AvgIpc) is 2.94. The molecule has 1 saturated carbocycles. The summed E-state index contributed by atoms with van der Waals surface area (Å²) in [6, 6.07) is 1.59. The van der Waals surface area contributed by atoms with Crippen LogP contribution in [0.3, 0.4) is 0 Å². The predicted octanol–water partition coefficient (Wildman–Crippen LogP) is 3.47. The van der Waals surface area contributed by atoms with Gasteiger partial charge in [0.05, 0.1) is 4.92 Å². The number of nitro groups is 1. The fourth-order valence-corrected chi connectivity index (χ4v) is 2.18. The van der Waals surface area contributed by atoms with E-state index in [1.54, 1.807) is 0 Å². The maximum Gasteiger partial charge on any atom is 0.327 e. The lowest BCUT2D eigenvalue weighted by atomic mass is 10.2. The molecule has 0 bridgehead atoms. The van der Waals surface area contributed by atoms with Gasteiger partial charge in [-0.25, -0.2) is 4.39 Å². The van der Waals surface area contributed by atoms with Gasteiger partial charge < -0.3 is 5.32 Å². The van der Waals surface area contributed by atoms with Gasteiger partial charge in [0.1, 0.15) is 11.5 Å². The second kappa shape index (κ2) is 4.88. The van der Waals surface area contributed by atoms with E-state index in [1.807, 2.05) is 0 Å². The van der Waals surface area contributed by atoms with Crippen molar-refractivity contribution in [2.24, 2.45) is 5.92 Å². The summed E-state index contributed by atoms with van der Waals surface area (Å²) in [7, 11) is 0. The van der Waals surface area contributed by atoms with Crippen LogP contribution in [0.25, 0.3) is 0 Å². The van der Waals surface area contributed by atoms with Gasteiger partial charge in [0.15, 0.2) is 0 Å². The van der Waals surface area contributed by atoms with E-state index in [9.17, 15) is 18.9 Å². The van der Waals surface area contributed by atoms with Crippen LogP contribution in [0.2, 0.25) is 0 Å². The summed E-state index contributed by atoms with van der Waals surface area (Å²) in [6.45, 7) is 2.06. The van der Waals surface area contributed by atoms with Crippen LogP contribution in [0, 0.1) is 27.7 Å². The molecule has 4 nitrogen and oxygen atoms in total. The quantitative estimate of drug-likeness (QED) is 0.648. The first-order valence-electron chi connectivity index (χ1n) is 5.93. The first kappa shape index (κ1) is 12.7. The molecule has 6 heteroatoms. The van der Waals surface area contributed by atoms with Crippen molar-refractivity contribution < 1.29 is 13.7 Å². The molecular weight excluding hydrogens is 242 g/mol. The molecule has 2 atom stereocenters. The lowest BCUT2D eigenvalue weighted by Crippen LogP contribution is -2.08. The number of halogens is 2. The van der Waals surface area contributed by atoms with Gasteiger partial charge in [0, 0.05) is 18.2 Å². The zero-order chi connectivity index (χ0) is 13.3. The number of rotatable bonds is 5. The number of nitrogens with zero attached hydrogens (tertiary/aromatic N) is 1. The molecule has 2 unspecified atom stereocenters. The molecule has 0 saturated heterocycles. The van der Waals surface area contributed by atoms with E-state index in [0.717, 1.165) is 25.3 Å². The summed E-state index contributed by atoms with van der Waals surface area (Å²) in [5.74, 6) is -1.51. The zero-order valence-corrected chi connectivity index (χ0v) is 9.95. The number of benzene rings is 1. The monoisotopic (exact) mass is 256 g/mol. The minimum atomic E-state index is -1.14. The Hall–Kier alpha value is -1.72. The Balaban J connectivity index is 2.19. The van der Waals surface area contributed by atoms with Gasteiger partial charge >= 0.3 is 5.69 Å². The molecular formula is C12H14F2N2O2. The molecule has 18 heavy (non-hydrogen) atoms. The van der Waals surface area contributed by atoms with E-state index >= 15 is 0 Å². The summed E-state index contributed by atoms with van der Waals surface area (Å²) in [5, 5.41) is 13.6. The molecule has 1 aromatic carbocycles. The molecule has 1 N–H and O–H groups in total. The molecule has 1 fully saturated rings. The van der Waals surface area contributed by atoms with Crippen LogP contribution in [0.5, 0.6) is 0 Å². The Labute approximate surface area is 103 Å². The van der Waals surface area contributed by atoms with E-state index in [2.05, 4.69) is 12.2 Å². The highest BCUT2D eigenvalue weighted by atomic mass is 19.1. The second-order valence-corrected chi connectivity index (χ2v) is 4.58. The largest absolute Gasteiger partial charge is 0.376 e. The maximum atomic E-state index is 13.4. The summed E-state index contributed by atoms with van der Waals surface area (Å²) >= 11 is 0. The van der Waals surface area contributed by atoms with Gasteiger partial charge in [-0.15, -0.1) is 0 Å². The first-order chi connectivity index (χ1) is 8.52. The highest BCUT2D eigenvalue weighted by molar-refractivity contribution is 5.63. The molecule has 1 aliphatic carbocycles. The standard InChI is InChI=1S/C12H14F2N2O2/c1-2-3-7-4-10(7)15-11-6-8(13)5-9(14)12(11)16(17)18/h5-7,10,15H,2-4H2,1H3. The summed E-state index contributed by atoms with van der Waals surface area (Å²) < 4.78 is 26.4. The van der Waals surface area contributed by atoms with Crippen molar-refractivity contribution in [3.63, 3.8) is 0 Å². The lowest BCUT2D eigenvalue weighted by Gasteiger charge is -2.07. The normalized spacial score (nSPS) is 21.7. The number of hydrogen-bond acceptors (Lipinski definition) is 3. The molecule has 1 aromatic rings. The van der Waals surface area contributed by atoms with Crippen LogP contribution >= 0.6 is 0 Å². The molecule has 2 rings (SSSR count). The van der Waals surface area contributed by atoms with Crippen LogP contribution in [0.15, 0.2) is 12.1 Å². The minimum absolute atomic E-state index is 0.0684. The van der Waals surface area contributed by atoms with Crippen molar-refractivity contribution in [2.75, 3.05) is 5.32 Å². The second-order valence-electron chi connectivity index (χ2n) is 4.58. The highest BCUT2D eigenvalue weighted by Crippen LogP contribution is 2.39. The molecule has 98 valence electrons. The summed E-state index contributed by atoms with van der Waals surface area (Å²) in [6.07, 6.45) is 2.94. The SMILES string of the molecule is CCCC1CC1Nc1cc(F)cc(F)c1[N+](=O)[O-]. The average molecular weight is 256 g/mol. The predicted molar refractivity (Wildman–Crippen MR) is 63.4 cm³/mol. The van der Waals surface area contributed by atoms with Crippen LogP contribution in [0.4, 0.5) is 20.2 Å². The Bertz CT molecular complexity index is 479. The van der Waals surface area contributed by atoms with Crippen LogP contribution in [0.1, 0.15) is 26.2 Å². The van der Waals surface area contributed by atoms with Crippen LogP contribution in [-0.2, 0) is 0 Å². The molecule has 0 radical (unpaired) electrons. The molecule has 0 spiro atoms. The van der Waals surface area contributed by atoms with Crippen molar-refractivity contribution >= 4 is 11.4 Å². The van der Waals surface area contributed by atoms with Crippen LogP contribution in [-0.4, -0.2) is 11.0 Å². The minimum Gasteiger partial charge on any atom is -0.376 e. The fraction of sp³-hybridized carbons (Fsp3) is 0.500. The topological polar surface area (TPSA) is 55.2 Å². The van der Waals surface area contributed by atoms with E-state index in [1.165, 1.54) is 0 Å². The highest BCUT2D eigenvalue weighted by Gasteiger charge is 2.37. The van der Waals surface area contributed by atoms with E-state index in [0.29, 0.717) is 12.0 Å². The Kier molecular flexibility index (Phi) is 3.45. The van der Waals surface area contributed by atoms with Crippen molar-refractivity contribution in [1.29, 1.82) is 0 Å². The Morgan fingerprint density at radius 1 is 1.50 bits per heavy atom. The summed E-state index contributed by atoms with van der Waals surface area (Å²) in [5.41, 5.74) is -0.750. The van der Waals surface area contributed by atoms with E-state index in [-0.39, 0.29) is 11.7 Å². The number of anilines is 1. The van der Waals surface area contributed by atoms with Crippen molar-refractivity contribution in [3.8, 4) is 0 Å². The first-order valence-corrected chi connectivity index (χ1v) is 5.93. The number of hydrogen-bond donors (Lipinski definition) is 1. The smallest absolute Gasteiger partial charge is 0.327 e. The van der Waals surface area contributed by atoms with Crippen molar-refractivity contribution in [1.82, 2.24) is 0 Å². The third-order valence-electron chi connectivity index (χ3n) is 3.13. The van der Waals surface area contributed by atoms with Gasteiger partial charge in [-0.1, -0.05) is 13.3 Å². The maximum absolute atomic E-state index is 13.4. The van der Waals surface area contributed by atoms with Gasteiger partial charge in [-0.3, -0.25) is 10.1 Å². The number of nitrogens with one attached hydrogen (secondary N) is 1. The van der Waals surface area contributed by atoms with Gasteiger partial charge in [0.2, 0.25) is 5.82 Å². The zero-order valence-electron chi connectivity index (χ0n) is 9.95. The van der Waals surface area contributed by atoms with Gasteiger partial charge in [0.25, 0.3) is 0 Å². The third kappa shape index (κ3) is 2.57. The molecule has 0 amide bonds. The van der Waals surface area contributed by atoms with Crippen molar-refractivity contribution in [2.45, 2.75) is 32.2 Å². The molecule has 1 aliphatic rings. The van der Waals surface area contributed by atoms with Crippen molar-refractivity contribution in [3.05, 3.63) is 33.9 Å². The summed E-state index contributed by atoms with van der Waals surface area (Å²) in [4.78, 5) is 9.94. The van der Waals surface area contributed by atoms with Crippen LogP contribution < -0.4 is 5.32 Å². The fourth-order valence-electron chi connectivity index (χ4n) is 2.18. The molecule has 0 aliphatic heterocycles. The third-order valence-corrected chi connectivity index (χ3v) is 3.13. The van der Waals surface area contributed by atoms with Gasteiger partial charge in [-0.2, -0.15) is 4.39 Å². The molecule has 0 heterocycles. The number of nitro benzene ring substituents is 1. The Morgan fingerprint density at radius 3 is 2.83 bits per heavy atom. The Morgan fingerprint density at radius 2 is 2.22 bits per heavy atom. The lowest BCUT2D eigenvalue weighted by molar-refractivity contribution is -0.386. The van der Waals surface area contributed by atoms with E-state index in [4.69, 9.17) is 0 Å². The van der Waals surface area contributed by atoms with E-state index < -0.39 is 22.2 Å². The van der Waals surface area contributed by atoms with Gasteiger partial charge in [-0.05, 0) is 18.8 Å². The molecule has 0 aromatic heterocycles.